The summed E-state index contributed by atoms with van der Waals surface area (Å²) in [5.74, 6) is -0.0790. The van der Waals surface area contributed by atoms with Gasteiger partial charge in [-0.1, -0.05) is 11.3 Å². The summed E-state index contributed by atoms with van der Waals surface area (Å²) >= 11 is 1.27. The van der Waals surface area contributed by atoms with Crippen LogP contribution in [0.2, 0.25) is 0 Å². The van der Waals surface area contributed by atoms with Crippen LogP contribution in [0.15, 0.2) is 0 Å². The first kappa shape index (κ1) is 17.2. The van der Waals surface area contributed by atoms with Gasteiger partial charge in [0.25, 0.3) is 5.91 Å². The summed E-state index contributed by atoms with van der Waals surface area (Å²) in [6, 6.07) is 0. The lowest BCUT2D eigenvalue weighted by Gasteiger charge is -2.16. The fraction of sp³-hybridized carbons (Fsp3) is 0.615. The Kier molecular flexibility index (Phi) is 6.41. The molecule has 1 rings (SSSR count). The minimum Gasteiger partial charge on any atom is -0.382 e. The van der Waals surface area contributed by atoms with Gasteiger partial charge in [0.15, 0.2) is 5.13 Å². The second-order valence-corrected chi connectivity index (χ2v) is 5.65. The van der Waals surface area contributed by atoms with Crippen molar-refractivity contribution in [3.8, 4) is 0 Å². The van der Waals surface area contributed by atoms with Gasteiger partial charge in [0.2, 0.25) is 5.91 Å². The minimum atomic E-state index is -0.282. The fourth-order valence-electron chi connectivity index (χ4n) is 1.70. The number of rotatable bonds is 7. The molecular formula is C13H23N5O2S. The first-order valence-electron chi connectivity index (χ1n) is 6.90. The van der Waals surface area contributed by atoms with Crippen molar-refractivity contribution in [1.82, 2.24) is 15.2 Å². The number of aromatic nitrogens is 1. The van der Waals surface area contributed by atoms with Gasteiger partial charge in [-0.2, -0.15) is 0 Å². The molecule has 2 amide bonds. The van der Waals surface area contributed by atoms with E-state index in [1.165, 1.54) is 16.2 Å². The SMILES string of the molecule is CCN(CC)c1nc(N)c(C(=O)NCCC(=O)N(C)C)s1. The van der Waals surface area contributed by atoms with Gasteiger partial charge >= 0.3 is 0 Å². The first-order chi connectivity index (χ1) is 9.90. The number of thiazole rings is 1. The highest BCUT2D eigenvalue weighted by Gasteiger charge is 2.18. The maximum absolute atomic E-state index is 12.1. The largest absolute Gasteiger partial charge is 0.382 e. The van der Waals surface area contributed by atoms with Crippen LogP contribution >= 0.6 is 11.3 Å². The molecular weight excluding hydrogens is 290 g/mol. The van der Waals surface area contributed by atoms with Crippen molar-refractivity contribution in [3.05, 3.63) is 4.88 Å². The van der Waals surface area contributed by atoms with Gasteiger partial charge in [-0.05, 0) is 13.8 Å². The third-order valence-corrected chi connectivity index (χ3v) is 4.14. The second kappa shape index (κ2) is 7.82. The van der Waals surface area contributed by atoms with E-state index in [0.29, 0.717) is 4.88 Å². The van der Waals surface area contributed by atoms with Gasteiger partial charge in [-0.3, -0.25) is 9.59 Å². The summed E-state index contributed by atoms with van der Waals surface area (Å²) in [6.45, 7) is 5.94. The third kappa shape index (κ3) is 4.59. The van der Waals surface area contributed by atoms with Gasteiger partial charge in [0, 0.05) is 40.2 Å². The predicted octanol–water partition coefficient (Wildman–Crippen LogP) is 0.780. The molecule has 21 heavy (non-hydrogen) atoms. The number of nitrogen functional groups attached to an aromatic ring is 1. The molecule has 3 N–H and O–H groups in total. The van der Waals surface area contributed by atoms with Crippen molar-refractivity contribution in [2.45, 2.75) is 20.3 Å². The molecule has 0 bridgehead atoms. The highest BCUT2D eigenvalue weighted by atomic mass is 32.1. The molecule has 0 radical (unpaired) electrons. The van der Waals surface area contributed by atoms with Gasteiger partial charge in [-0.15, -0.1) is 0 Å². The Balaban J connectivity index is 2.64. The summed E-state index contributed by atoms with van der Waals surface area (Å²) < 4.78 is 0. The zero-order valence-electron chi connectivity index (χ0n) is 13.0. The molecule has 1 aromatic heterocycles. The summed E-state index contributed by atoms with van der Waals surface area (Å²) in [5, 5.41) is 3.44. The zero-order chi connectivity index (χ0) is 16.0. The molecule has 0 aliphatic heterocycles. The Morgan fingerprint density at radius 1 is 1.29 bits per heavy atom. The monoisotopic (exact) mass is 313 g/mol. The van der Waals surface area contributed by atoms with E-state index >= 15 is 0 Å². The maximum atomic E-state index is 12.1. The number of carbonyl (C=O) groups excluding carboxylic acids is 2. The van der Waals surface area contributed by atoms with Crippen LogP contribution in [0.4, 0.5) is 10.9 Å². The van der Waals surface area contributed by atoms with Gasteiger partial charge in [0.05, 0.1) is 0 Å². The number of anilines is 2. The molecule has 0 aliphatic carbocycles. The Hall–Kier alpha value is -1.83. The lowest BCUT2D eigenvalue weighted by atomic mass is 10.3. The molecule has 0 aliphatic rings. The molecule has 7 nitrogen and oxygen atoms in total. The van der Waals surface area contributed by atoms with Crippen molar-refractivity contribution in [2.24, 2.45) is 0 Å². The zero-order valence-corrected chi connectivity index (χ0v) is 13.8. The van der Waals surface area contributed by atoms with Crippen LogP contribution in [0.5, 0.6) is 0 Å². The van der Waals surface area contributed by atoms with Crippen molar-refractivity contribution in [3.63, 3.8) is 0 Å². The van der Waals surface area contributed by atoms with Gasteiger partial charge in [0.1, 0.15) is 10.7 Å². The number of amides is 2. The Morgan fingerprint density at radius 2 is 1.90 bits per heavy atom. The van der Waals surface area contributed by atoms with E-state index in [0.717, 1.165) is 18.2 Å². The smallest absolute Gasteiger partial charge is 0.265 e. The highest BCUT2D eigenvalue weighted by molar-refractivity contribution is 7.18. The van der Waals surface area contributed by atoms with Crippen molar-refractivity contribution >= 4 is 34.1 Å². The van der Waals surface area contributed by atoms with E-state index in [-0.39, 0.29) is 30.6 Å². The molecule has 8 heteroatoms. The molecule has 0 saturated heterocycles. The summed E-state index contributed by atoms with van der Waals surface area (Å²) in [7, 11) is 3.36. The van der Waals surface area contributed by atoms with Crippen molar-refractivity contribution < 1.29 is 9.59 Å². The summed E-state index contributed by atoms with van der Waals surface area (Å²) in [6.07, 6.45) is 0.264. The van der Waals surface area contributed by atoms with Gasteiger partial charge in [-0.25, -0.2) is 4.98 Å². The predicted molar refractivity (Wildman–Crippen MR) is 85.7 cm³/mol. The minimum absolute atomic E-state index is 0.0311. The van der Waals surface area contributed by atoms with Crippen LogP contribution in [0.3, 0.4) is 0 Å². The molecule has 0 saturated carbocycles. The lowest BCUT2D eigenvalue weighted by Crippen LogP contribution is -2.30. The Morgan fingerprint density at radius 3 is 2.43 bits per heavy atom. The first-order valence-corrected chi connectivity index (χ1v) is 7.71. The molecule has 1 heterocycles. The van der Waals surface area contributed by atoms with E-state index in [4.69, 9.17) is 5.73 Å². The molecule has 0 unspecified atom stereocenters. The van der Waals surface area contributed by atoms with Crippen molar-refractivity contribution in [1.29, 1.82) is 0 Å². The third-order valence-electron chi connectivity index (χ3n) is 3.01. The van der Waals surface area contributed by atoms with Gasteiger partial charge < -0.3 is 20.9 Å². The molecule has 0 aromatic carbocycles. The number of hydrogen-bond donors (Lipinski definition) is 2. The highest BCUT2D eigenvalue weighted by Crippen LogP contribution is 2.27. The molecule has 0 spiro atoms. The standard InChI is InChI=1S/C13H23N5O2S/c1-5-18(6-2)13-16-11(14)10(21-13)12(20)15-8-7-9(19)17(3)4/h5-8,14H2,1-4H3,(H,15,20). The van der Waals surface area contributed by atoms with E-state index in [2.05, 4.69) is 10.3 Å². The second-order valence-electron chi connectivity index (χ2n) is 4.68. The number of nitrogens with zero attached hydrogens (tertiary/aromatic N) is 3. The van der Waals surface area contributed by atoms with E-state index in [1.54, 1.807) is 14.1 Å². The number of nitrogens with one attached hydrogen (secondary N) is 1. The van der Waals surface area contributed by atoms with Crippen LogP contribution in [-0.2, 0) is 4.79 Å². The summed E-state index contributed by atoms with van der Waals surface area (Å²) in [5.41, 5.74) is 5.81. The van der Waals surface area contributed by atoms with Crippen LogP contribution in [-0.4, -0.2) is 55.4 Å². The Labute approximate surface area is 129 Å². The average Bonchev–Trinajstić information content (AvgIpc) is 2.81. The van der Waals surface area contributed by atoms with Crippen LogP contribution in [0.1, 0.15) is 29.9 Å². The van der Waals surface area contributed by atoms with Crippen LogP contribution in [0, 0.1) is 0 Å². The molecule has 118 valence electrons. The van der Waals surface area contributed by atoms with Crippen LogP contribution < -0.4 is 16.0 Å². The lowest BCUT2D eigenvalue weighted by molar-refractivity contribution is -0.128. The average molecular weight is 313 g/mol. The van der Waals surface area contributed by atoms with Crippen LogP contribution in [0.25, 0.3) is 0 Å². The number of hydrogen-bond acceptors (Lipinski definition) is 6. The maximum Gasteiger partial charge on any atom is 0.265 e. The Bertz CT molecular complexity index is 497. The molecule has 0 fully saturated rings. The van der Waals surface area contributed by atoms with E-state index in [9.17, 15) is 9.59 Å². The quantitative estimate of drug-likeness (QED) is 0.776. The van der Waals surface area contributed by atoms with E-state index in [1.807, 2.05) is 18.7 Å². The normalized spacial score (nSPS) is 10.3. The number of nitrogens with two attached hydrogens (primary N) is 1. The molecule has 1 aromatic rings. The van der Waals surface area contributed by atoms with Crippen molar-refractivity contribution in [2.75, 3.05) is 44.4 Å². The number of carbonyl (C=O) groups is 2. The summed E-state index contributed by atoms with van der Waals surface area (Å²) in [4.78, 5) is 31.7. The molecule has 0 atom stereocenters. The fourth-order valence-corrected chi connectivity index (χ4v) is 2.73. The van der Waals surface area contributed by atoms with E-state index < -0.39 is 0 Å². The topological polar surface area (TPSA) is 91.6 Å².